The lowest BCUT2D eigenvalue weighted by molar-refractivity contribution is -0.671. The number of fused-ring (bicyclic) bond motifs is 8. The van der Waals surface area contributed by atoms with Crippen LogP contribution in [0.15, 0.2) is 140 Å². The van der Waals surface area contributed by atoms with Crippen molar-refractivity contribution in [3.63, 3.8) is 0 Å². The third kappa shape index (κ3) is 5.18. The highest BCUT2D eigenvalue weighted by atomic mass is 14.9. The summed E-state index contributed by atoms with van der Waals surface area (Å²) in [6.07, 6.45) is 12.7. The third-order valence-electron chi connectivity index (χ3n) is 9.21. The van der Waals surface area contributed by atoms with E-state index < -0.39 is 0 Å². The minimum Gasteiger partial charge on any atom is -0.354 e. The molecule has 0 saturated heterocycles. The summed E-state index contributed by atoms with van der Waals surface area (Å²) in [5, 5.41) is 0. The zero-order valence-corrected chi connectivity index (χ0v) is 26.9. The minimum atomic E-state index is 0.899. The fourth-order valence-electron chi connectivity index (χ4n) is 6.90. The van der Waals surface area contributed by atoms with Crippen molar-refractivity contribution in [1.29, 1.82) is 0 Å². The summed E-state index contributed by atoms with van der Waals surface area (Å²) >= 11 is 0. The van der Waals surface area contributed by atoms with Gasteiger partial charge in [-0.25, -0.2) is 14.5 Å². The zero-order valence-electron chi connectivity index (χ0n) is 26.9. The molecular formula is C44H32N5+. The Morgan fingerprint density at radius 3 is 0.959 bits per heavy atom. The van der Waals surface area contributed by atoms with Crippen molar-refractivity contribution in [1.82, 2.24) is 19.9 Å². The minimum absolute atomic E-state index is 0.899. The molecule has 49 heavy (non-hydrogen) atoms. The average Bonchev–Trinajstić information content (AvgIpc) is 3.98. The van der Waals surface area contributed by atoms with Crippen LogP contribution in [0.1, 0.15) is 22.8 Å². The molecule has 7 aromatic rings. The topological polar surface area (TPSA) is 61.2 Å². The highest BCUT2D eigenvalue weighted by molar-refractivity contribution is 5.99. The maximum absolute atomic E-state index is 5.36. The van der Waals surface area contributed by atoms with Crippen LogP contribution in [0.4, 0.5) is 0 Å². The summed E-state index contributed by atoms with van der Waals surface area (Å²) in [5.74, 6) is 0. The molecule has 3 aromatic carbocycles. The summed E-state index contributed by atoms with van der Waals surface area (Å²) in [5.41, 5.74) is 16.1. The maximum atomic E-state index is 5.36. The number of pyridine rings is 1. The molecule has 6 heterocycles. The van der Waals surface area contributed by atoms with E-state index in [4.69, 9.17) is 9.97 Å². The second-order valence-electron chi connectivity index (χ2n) is 12.4. The standard InChI is InChI=1S/C44H31N5/c1-49-27-25-32(26-28-49)44-39-23-21-37(47-39)42(30-13-7-3-8-14-30)35-19-17-33(45-35)41(29-11-5-2-6-12-29)34-18-20-36(46-34)43(31-15-9-4-10-16-31)38-22-24-40(44)48-38/h2-28H,1H3,(H,45,46,47,48)/p+1. The van der Waals surface area contributed by atoms with Gasteiger partial charge in [0, 0.05) is 56.5 Å². The number of nitrogens with zero attached hydrogens (tertiary/aromatic N) is 3. The quantitative estimate of drug-likeness (QED) is 0.190. The first-order chi connectivity index (χ1) is 24.2. The van der Waals surface area contributed by atoms with E-state index in [1.165, 1.54) is 0 Å². The van der Waals surface area contributed by atoms with Gasteiger partial charge < -0.3 is 9.97 Å². The van der Waals surface area contributed by atoms with Gasteiger partial charge in [0.1, 0.15) is 7.05 Å². The van der Waals surface area contributed by atoms with Crippen LogP contribution in [-0.4, -0.2) is 19.9 Å². The molecule has 232 valence electrons. The molecular weight excluding hydrogens is 599 g/mol. The first kappa shape index (κ1) is 28.6. The molecule has 4 aromatic heterocycles. The number of benzene rings is 3. The summed E-state index contributed by atoms with van der Waals surface area (Å²) < 4.78 is 2.05. The molecule has 2 N–H and O–H groups in total. The largest absolute Gasteiger partial charge is 0.354 e. The normalized spacial score (nSPS) is 12.0. The first-order valence-electron chi connectivity index (χ1n) is 16.5. The van der Waals surface area contributed by atoms with Gasteiger partial charge in [0.2, 0.25) is 0 Å². The van der Waals surface area contributed by atoms with Crippen molar-refractivity contribution in [3.05, 3.63) is 163 Å². The second-order valence-corrected chi connectivity index (χ2v) is 12.4. The Balaban J connectivity index is 1.48. The van der Waals surface area contributed by atoms with Gasteiger partial charge in [0.25, 0.3) is 0 Å². The Hall–Kier alpha value is -6.59. The molecule has 0 unspecified atom stereocenters. The summed E-state index contributed by atoms with van der Waals surface area (Å²) in [6, 6.07) is 44.5. The molecule has 0 radical (unpaired) electrons. The Kier molecular flexibility index (Phi) is 6.95. The lowest BCUT2D eigenvalue weighted by atomic mass is 10.0. The van der Waals surface area contributed by atoms with Crippen molar-refractivity contribution < 1.29 is 4.57 Å². The van der Waals surface area contributed by atoms with E-state index in [1.54, 1.807) is 0 Å². The van der Waals surface area contributed by atoms with Crippen LogP contribution in [0.2, 0.25) is 0 Å². The van der Waals surface area contributed by atoms with Crippen LogP contribution in [0.3, 0.4) is 0 Å². The number of hydrogen-bond acceptors (Lipinski definition) is 2. The Morgan fingerprint density at radius 1 is 0.367 bits per heavy atom. The SMILES string of the molecule is C[n+]1ccc(-c2c3nc(c(-c4ccccc4)c4ccc([nH]4)c(-c4ccccc4)c4nc(c(-c5ccccc5)c5ccc2[nH]5)C=C4)C=C3)cc1. The van der Waals surface area contributed by atoms with Crippen LogP contribution >= 0.6 is 0 Å². The summed E-state index contributed by atoms with van der Waals surface area (Å²) in [4.78, 5) is 18.3. The lowest BCUT2D eigenvalue weighted by Gasteiger charge is -2.06. The molecule has 0 fully saturated rings. The van der Waals surface area contributed by atoms with Crippen molar-refractivity contribution in [2.75, 3.05) is 0 Å². The molecule has 9 rings (SSSR count). The van der Waals surface area contributed by atoms with Crippen molar-refractivity contribution >= 4 is 46.4 Å². The van der Waals surface area contributed by atoms with Gasteiger partial charge in [-0.3, -0.25) is 0 Å². The fraction of sp³-hybridized carbons (Fsp3) is 0.0227. The average molecular weight is 631 g/mol. The number of aryl methyl sites for hydroxylation is 1. The molecule has 5 nitrogen and oxygen atoms in total. The molecule has 8 bridgehead atoms. The molecule has 0 amide bonds. The van der Waals surface area contributed by atoms with E-state index in [2.05, 4.69) is 156 Å². The fourth-order valence-corrected chi connectivity index (χ4v) is 6.90. The van der Waals surface area contributed by atoms with E-state index in [0.29, 0.717) is 0 Å². The molecule has 0 saturated carbocycles. The van der Waals surface area contributed by atoms with Gasteiger partial charge in [-0.2, -0.15) is 0 Å². The van der Waals surface area contributed by atoms with Gasteiger partial charge in [-0.15, -0.1) is 0 Å². The van der Waals surface area contributed by atoms with Gasteiger partial charge in [0.15, 0.2) is 12.4 Å². The number of nitrogens with one attached hydrogen (secondary N) is 2. The van der Waals surface area contributed by atoms with Gasteiger partial charge in [-0.1, -0.05) is 91.0 Å². The predicted molar refractivity (Wildman–Crippen MR) is 202 cm³/mol. The molecule has 5 heteroatoms. The van der Waals surface area contributed by atoms with Crippen LogP contribution in [-0.2, 0) is 7.05 Å². The lowest BCUT2D eigenvalue weighted by Crippen LogP contribution is -2.25. The highest BCUT2D eigenvalue weighted by Gasteiger charge is 2.19. The molecule has 0 atom stereocenters. The van der Waals surface area contributed by atoms with E-state index in [1.807, 2.05) is 29.8 Å². The van der Waals surface area contributed by atoms with Gasteiger partial charge >= 0.3 is 0 Å². The third-order valence-corrected chi connectivity index (χ3v) is 9.21. The number of aromatic amines is 2. The molecule has 0 spiro atoms. The highest BCUT2D eigenvalue weighted by Crippen LogP contribution is 2.38. The van der Waals surface area contributed by atoms with Crippen LogP contribution in [0.5, 0.6) is 0 Å². The summed E-state index contributed by atoms with van der Waals surface area (Å²) in [6.45, 7) is 0. The molecule has 2 aliphatic heterocycles. The van der Waals surface area contributed by atoms with Crippen LogP contribution in [0, 0.1) is 0 Å². The molecule has 2 aliphatic rings. The zero-order chi connectivity index (χ0) is 32.7. The van der Waals surface area contributed by atoms with Crippen molar-refractivity contribution in [3.8, 4) is 44.5 Å². The number of aromatic nitrogens is 5. The van der Waals surface area contributed by atoms with E-state index in [-0.39, 0.29) is 0 Å². The van der Waals surface area contributed by atoms with Crippen LogP contribution < -0.4 is 4.57 Å². The van der Waals surface area contributed by atoms with E-state index in [0.717, 1.165) is 89.4 Å². The van der Waals surface area contributed by atoms with Crippen molar-refractivity contribution in [2.45, 2.75) is 0 Å². The second kappa shape index (κ2) is 11.9. The Morgan fingerprint density at radius 2 is 0.653 bits per heavy atom. The number of rotatable bonds is 4. The monoisotopic (exact) mass is 630 g/mol. The number of H-pyrrole nitrogens is 2. The smallest absolute Gasteiger partial charge is 0.169 e. The Bertz CT molecular complexity index is 2540. The Labute approximate surface area is 284 Å². The molecule has 0 aliphatic carbocycles. The maximum Gasteiger partial charge on any atom is 0.169 e. The van der Waals surface area contributed by atoms with Crippen LogP contribution in [0.25, 0.3) is 90.9 Å². The van der Waals surface area contributed by atoms with Crippen molar-refractivity contribution in [2.24, 2.45) is 7.05 Å². The van der Waals surface area contributed by atoms with Gasteiger partial charge in [0.05, 0.1) is 22.8 Å². The van der Waals surface area contributed by atoms with E-state index >= 15 is 0 Å². The van der Waals surface area contributed by atoms with E-state index in [9.17, 15) is 0 Å². The van der Waals surface area contributed by atoms with Gasteiger partial charge in [-0.05, 0) is 70.8 Å². The first-order valence-corrected chi connectivity index (χ1v) is 16.5. The number of hydrogen-bond donors (Lipinski definition) is 2. The predicted octanol–water partition coefficient (Wildman–Crippen LogP) is 10.1. The summed E-state index contributed by atoms with van der Waals surface area (Å²) in [7, 11) is 2.04.